The van der Waals surface area contributed by atoms with E-state index in [9.17, 15) is 4.79 Å². The van der Waals surface area contributed by atoms with Gasteiger partial charge in [0.1, 0.15) is 0 Å². The fourth-order valence-corrected chi connectivity index (χ4v) is 2.33. The molecule has 0 fully saturated rings. The van der Waals surface area contributed by atoms with Crippen LogP contribution in [0, 0.1) is 0 Å². The monoisotopic (exact) mass is 236 g/mol. The first-order chi connectivity index (χ1) is 8.22. The molecule has 5 heteroatoms. The number of nitrogens with one attached hydrogen (secondary N) is 1. The number of primary amides is 1. The molecular weight excluding hydrogens is 216 g/mol. The number of aryl methyl sites for hydroxylation is 2. The van der Waals surface area contributed by atoms with Crippen molar-refractivity contribution in [1.82, 2.24) is 15.1 Å². The lowest BCUT2D eigenvalue weighted by Gasteiger charge is -2.15. The molecule has 1 aromatic rings. The van der Waals surface area contributed by atoms with E-state index in [0.717, 1.165) is 32.4 Å². The molecule has 0 atom stereocenters. The van der Waals surface area contributed by atoms with Crippen molar-refractivity contribution < 1.29 is 4.79 Å². The minimum Gasteiger partial charge on any atom is -0.370 e. The van der Waals surface area contributed by atoms with Gasteiger partial charge in [0, 0.05) is 43.7 Å². The summed E-state index contributed by atoms with van der Waals surface area (Å²) in [5.41, 5.74) is 8.99. The highest BCUT2D eigenvalue weighted by molar-refractivity contribution is 5.73. The standard InChI is InChI=1S/C12H20N4O/c1-2-3-10-9-8-14-6-4-11(9)16(15-10)7-5-12(13)17/h14H,2-8H2,1H3,(H2,13,17). The highest BCUT2D eigenvalue weighted by Gasteiger charge is 2.19. The number of carbonyl (C=O) groups excluding carboxylic acids is 1. The van der Waals surface area contributed by atoms with E-state index in [1.807, 2.05) is 4.68 Å². The van der Waals surface area contributed by atoms with Crippen LogP contribution in [0.25, 0.3) is 0 Å². The molecule has 0 unspecified atom stereocenters. The molecule has 17 heavy (non-hydrogen) atoms. The molecule has 1 aliphatic rings. The van der Waals surface area contributed by atoms with Crippen molar-refractivity contribution >= 4 is 5.91 Å². The smallest absolute Gasteiger partial charge is 0.219 e. The summed E-state index contributed by atoms with van der Waals surface area (Å²) < 4.78 is 1.98. The zero-order chi connectivity index (χ0) is 12.3. The van der Waals surface area contributed by atoms with Crippen LogP contribution in [0.15, 0.2) is 0 Å². The van der Waals surface area contributed by atoms with Crippen LogP contribution in [0.1, 0.15) is 36.7 Å². The average molecular weight is 236 g/mol. The summed E-state index contributed by atoms with van der Waals surface area (Å²) in [6.45, 7) is 4.66. The number of amides is 1. The van der Waals surface area contributed by atoms with Crippen molar-refractivity contribution in [2.75, 3.05) is 6.54 Å². The van der Waals surface area contributed by atoms with Gasteiger partial charge in [0.05, 0.1) is 5.69 Å². The highest BCUT2D eigenvalue weighted by atomic mass is 16.1. The number of nitrogens with two attached hydrogens (primary N) is 1. The Morgan fingerprint density at radius 3 is 3.12 bits per heavy atom. The molecule has 1 aliphatic heterocycles. The number of aromatic nitrogens is 2. The molecule has 1 amide bonds. The van der Waals surface area contributed by atoms with Gasteiger partial charge < -0.3 is 11.1 Å². The fraction of sp³-hybridized carbons (Fsp3) is 0.667. The van der Waals surface area contributed by atoms with Crippen LogP contribution < -0.4 is 11.1 Å². The van der Waals surface area contributed by atoms with Crippen LogP contribution in [0.4, 0.5) is 0 Å². The molecule has 0 aromatic carbocycles. The first kappa shape index (κ1) is 12.1. The Bertz CT molecular complexity index is 411. The molecule has 0 radical (unpaired) electrons. The van der Waals surface area contributed by atoms with Gasteiger partial charge in [-0.15, -0.1) is 0 Å². The third-order valence-electron chi connectivity index (χ3n) is 3.15. The van der Waals surface area contributed by atoms with E-state index in [4.69, 9.17) is 5.73 Å². The quantitative estimate of drug-likeness (QED) is 0.775. The van der Waals surface area contributed by atoms with E-state index < -0.39 is 0 Å². The summed E-state index contributed by atoms with van der Waals surface area (Å²) in [6.07, 6.45) is 3.46. The summed E-state index contributed by atoms with van der Waals surface area (Å²) >= 11 is 0. The topological polar surface area (TPSA) is 72.9 Å². The number of fused-ring (bicyclic) bond motifs is 1. The Kier molecular flexibility index (Phi) is 3.78. The van der Waals surface area contributed by atoms with Gasteiger partial charge >= 0.3 is 0 Å². The second-order valence-corrected chi connectivity index (χ2v) is 4.49. The summed E-state index contributed by atoms with van der Waals surface area (Å²) in [4.78, 5) is 10.8. The molecule has 0 bridgehead atoms. The van der Waals surface area contributed by atoms with Gasteiger partial charge in [-0.2, -0.15) is 5.10 Å². The molecule has 0 saturated carbocycles. The summed E-state index contributed by atoms with van der Waals surface area (Å²) in [6, 6.07) is 0. The molecule has 0 saturated heterocycles. The third kappa shape index (κ3) is 2.66. The second kappa shape index (κ2) is 5.31. The maximum absolute atomic E-state index is 10.8. The molecule has 1 aromatic heterocycles. The maximum Gasteiger partial charge on any atom is 0.219 e. The molecular formula is C12H20N4O. The van der Waals surface area contributed by atoms with Crippen molar-refractivity contribution in [3.63, 3.8) is 0 Å². The van der Waals surface area contributed by atoms with E-state index in [-0.39, 0.29) is 5.91 Å². The summed E-state index contributed by atoms with van der Waals surface area (Å²) in [7, 11) is 0. The van der Waals surface area contributed by atoms with Crippen molar-refractivity contribution in [3.8, 4) is 0 Å². The Morgan fingerprint density at radius 1 is 1.59 bits per heavy atom. The maximum atomic E-state index is 10.8. The van der Waals surface area contributed by atoms with Gasteiger partial charge in [-0.1, -0.05) is 13.3 Å². The minimum atomic E-state index is -0.264. The van der Waals surface area contributed by atoms with Crippen LogP contribution in [0.3, 0.4) is 0 Å². The van der Waals surface area contributed by atoms with Crippen molar-refractivity contribution in [2.24, 2.45) is 5.73 Å². The largest absolute Gasteiger partial charge is 0.370 e. The molecule has 5 nitrogen and oxygen atoms in total. The van der Waals surface area contributed by atoms with Gasteiger partial charge in [-0.25, -0.2) is 0 Å². The van der Waals surface area contributed by atoms with E-state index in [1.54, 1.807) is 0 Å². The van der Waals surface area contributed by atoms with Crippen LogP contribution in [-0.4, -0.2) is 22.2 Å². The number of nitrogens with zero attached hydrogens (tertiary/aromatic N) is 2. The van der Waals surface area contributed by atoms with E-state index in [1.165, 1.54) is 17.0 Å². The van der Waals surface area contributed by atoms with Crippen molar-refractivity contribution in [1.29, 1.82) is 0 Å². The predicted octanol–water partition coefficient (Wildman–Crippen LogP) is 0.357. The van der Waals surface area contributed by atoms with Crippen molar-refractivity contribution in [2.45, 2.75) is 45.7 Å². The Morgan fingerprint density at radius 2 is 2.41 bits per heavy atom. The lowest BCUT2D eigenvalue weighted by atomic mass is 10.0. The van der Waals surface area contributed by atoms with Crippen LogP contribution in [0.5, 0.6) is 0 Å². The fourth-order valence-electron chi connectivity index (χ4n) is 2.33. The predicted molar refractivity (Wildman–Crippen MR) is 65.4 cm³/mol. The molecule has 2 rings (SSSR count). The molecule has 0 spiro atoms. The first-order valence-corrected chi connectivity index (χ1v) is 6.28. The van der Waals surface area contributed by atoms with Gasteiger partial charge in [0.25, 0.3) is 0 Å². The number of hydrogen-bond acceptors (Lipinski definition) is 3. The second-order valence-electron chi connectivity index (χ2n) is 4.49. The van der Waals surface area contributed by atoms with Gasteiger partial charge in [-0.3, -0.25) is 9.48 Å². The summed E-state index contributed by atoms with van der Waals surface area (Å²) in [5.74, 6) is -0.264. The molecule has 0 aliphatic carbocycles. The van der Waals surface area contributed by atoms with E-state index >= 15 is 0 Å². The average Bonchev–Trinajstić information content (AvgIpc) is 2.66. The Labute approximate surface area is 101 Å². The molecule has 3 N–H and O–H groups in total. The van der Waals surface area contributed by atoms with Crippen molar-refractivity contribution in [3.05, 3.63) is 17.0 Å². The number of hydrogen-bond donors (Lipinski definition) is 2. The number of rotatable bonds is 5. The lowest BCUT2D eigenvalue weighted by molar-refractivity contribution is -0.118. The Balaban J connectivity index is 2.22. The Hall–Kier alpha value is -1.36. The van der Waals surface area contributed by atoms with E-state index in [2.05, 4.69) is 17.3 Å². The number of carbonyl (C=O) groups is 1. The third-order valence-corrected chi connectivity index (χ3v) is 3.15. The highest BCUT2D eigenvalue weighted by Crippen LogP contribution is 2.19. The van der Waals surface area contributed by atoms with Crippen LogP contribution >= 0.6 is 0 Å². The van der Waals surface area contributed by atoms with E-state index in [0.29, 0.717) is 13.0 Å². The van der Waals surface area contributed by atoms with Gasteiger partial charge in [0.15, 0.2) is 0 Å². The van der Waals surface area contributed by atoms with Crippen LogP contribution in [0.2, 0.25) is 0 Å². The first-order valence-electron chi connectivity index (χ1n) is 6.28. The lowest BCUT2D eigenvalue weighted by Crippen LogP contribution is -2.25. The molecule has 2 heterocycles. The summed E-state index contributed by atoms with van der Waals surface area (Å²) in [5, 5.41) is 8.00. The molecule has 94 valence electrons. The van der Waals surface area contributed by atoms with Gasteiger partial charge in [0.2, 0.25) is 5.91 Å². The minimum absolute atomic E-state index is 0.264. The van der Waals surface area contributed by atoms with Gasteiger partial charge in [-0.05, 0) is 6.42 Å². The SMILES string of the molecule is CCCc1nn(CCC(N)=O)c2c1CNCC2. The zero-order valence-corrected chi connectivity index (χ0v) is 10.3. The van der Waals surface area contributed by atoms with Crippen LogP contribution in [-0.2, 0) is 30.7 Å². The zero-order valence-electron chi connectivity index (χ0n) is 10.3. The normalized spacial score (nSPS) is 14.6.